The minimum atomic E-state index is 0.196. The summed E-state index contributed by atoms with van der Waals surface area (Å²) in [5.74, 6) is 1.02. The molecule has 4 heteroatoms. The summed E-state index contributed by atoms with van der Waals surface area (Å²) in [6, 6.07) is 7.82. The van der Waals surface area contributed by atoms with Crippen LogP contribution in [0.15, 0.2) is 29.6 Å². The van der Waals surface area contributed by atoms with Gasteiger partial charge in [-0.1, -0.05) is 12.1 Å². The summed E-state index contributed by atoms with van der Waals surface area (Å²) in [6.45, 7) is 1.60. The van der Waals surface area contributed by atoms with E-state index in [0.717, 1.165) is 22.0 Å². The highest BCUT2D eigenvalue weighted by molar-refractivity contribution is 7.13. The summed E-state index contributed by atoms with van der Waals surface area (Å²) in [5.41, 5.74) is 1.97. The Morgan fingerprint density at radius 3 is 2.89 bits per heavy atom. The molecule has 0 fully saturated rings. The molecular weight excluding hydrogens is 246 g/mol. The molecule has 0 atom stereocenters. The van der Waals surface area contributed by atoms with Crippen LogP contribution in [0.25, 0.3) is 10.6 Å². The predicted octanol–water partition coefficient (Wildman–Crippen LogP) is 3.34. The van der Waals surface area contributed by atoms with Gasteiger partial charge in [0.15, 0.2) is 0 Å². The largest absolute Gasteiger partial charge is 0.496 e. The SMILES string of the molecule is COc1ccccc1-c1nc(CCC(C)=O)cs1. The van der Waals surface area contributed by atoms with Crippen molar-refractivity contribution in [3.8, 4) is 16.3 Å². The molecule has 0 saturated carbocycles. The van der Waals surface area contributed by atoms with Crippen molar-refractivity contribution in [3.05, 3.63) is 35.3 Å². The Labute approximate surface area is 110 Å². The van der Waals surface area contributed by atoms with Crippen molar-refractivity contribution >= 4 is 17.1 Å². The Bertz CT molecular complexity index is 548. The third kappa shape index (κ3) is 2.96. The van der Waals surface area contributed by atoms with Gasteiger partial charge in [0.2, 0.25) is 0 Å². The number of hydrogen-bond acceptors (Lipinski definition) is 4. The van der Waals surface area contributed by atoms with Gasteiger partial charge in [0.25, 0.3) is 0 Å². The first-order chi connectivity index (χ1) is 8.70. The van der Waals surface area contributed by atoms with Crippen LogP contribution in [0.5, 0.6) is 5.75 Å². The number of nitrogens with zero attached hydrogens (tertiary/aromatic N) is 1. The maximum Gasteiger partial charge on any atom is 0.130 e. The molecule has 1 aromatic heterocycles. The zero-order valence-electron chi connectivity index (χ0n) is 10.5. The third-order valence-electron chi connectivity index (χ3n) is 2.62. The smallest absolute Gasteiger partial charge is 0.130 e. The molecular formula is C14H15NO2S. The molecule has 0 N–H and O–H groups in total. The molecule has 2 aromatic rings. The molecule has 18 heavy (non-hydrogen) atoms. The van der Waals surface area contributed by atoms with Gasteiger partial charge in [0, 0.05) is 11.8 Å². The molecule has 0 saturated heterocycles. The molecule has 0 aliphatic rings. The number of para-hydroxylation sites is 1. The minimum absolute atomic E-state index is 0.196. The van der Waals surface area contributed by atoms with Gasteiger partial charge in [0.05, 0.1) is 18.4 Å². The monoisotopic (exact) mass is 261 g/mol. The van der Waals surface area contributed by atoms with Crippen molar-refractivity contribution in [2.75, 3.05) is 7.11 Å². The second kappa shape index (κ2) is 5.78. The topological polar surface area (TPSA) is 39.2 Å². The molecule has 2 rings (SSSR count). The van der Waals surface area contributed by atoms with Crippen LogP contribution >= 0.6 is 11.3 Å². The van der Waals surface area contributed by atoms with Gasteiger partial charge in [-0.15, -0.1) is 11.3 Å². The van der Waals surface area contributed by atoms with E-state index in [9.17, 15) is 4.79 Å². The average molecular weight is 261 g/mol. The Hall–Kier alpha value is -1.68. The van der Waals surface area contributed by atoms with E-state index in [4.69, 9.17) is 4.74 Å². The summed E-state index contributed by atoms with van der Waals surface area (Å²) in [4.78, 5) is 15.5. The zero-order chi connectivity index (χ0) is 13.0. The van der Waals surface area contributed by atoms with Crippen molar-refractivity contribution in [3.63, 3.8) is 0 Å². The predicted molar refractivity (Wildman–Crippen MR) is 73.1 cm³/mol. The average Bonchev–Trinajstić information content (AvgIpc) is 2.85. The Morgan fingerprint density at radius 2 is 2.17 bits per heavy atom. The standard InChI is InChI=1S/C14H15NO2S/c1-10(16)7-8-11-9-18-14(15-11)12-5-3-4-6-13(12)17-2/h3-6,9H,7-8H2,1-2H3. The van der Waals surface area contributed by atoms with E-state index in [2.05, 4.69) is 4.98 Å². The lowest BCUT2D eigenvalue weighted by atomic mass is 10.2. The number of carbonyl (C=O) groups is 1. The number of ketones is 1. The van der Waals surface area contributed by atoms with Crippen LogP contribution in [0.4, 0.5) is 0 Å². The first kappa shape index (κ1) is 12.8. The summed E-state index contributed by atoms with van der Waals surface area (Å²) in [7, 11) is 1.66. The van der Waals surface area contributed by atoms with Crippen molar-refractivity contribution in [2.45, 2.75) is 19.8 Å². The van der Waals surface area contributed by atoms with E-state index in [-0.39, 0.29) is 5.78 Å². The highest BCUT2D eigenvalue weighted by Gasteiger charge is 2.09. The number of thiazole rings is 1. The van der Waals surface area contributed by atoms with E-state index >= 15 is 0 Å². The first-order valence-corrected chi connectivity index (χ1v) is 6.66. The quantitative estimate of drug-likeness (QED) is 0.828. The van der Waals surface area contributed by atoms with Crippen LogP contribution in [0.1, 0.15) is 19.0 Å². The zero-order valence-corrected chi connectivity index (χ0v) is 11.3. The second-order valence-corrected chi connectivity index (χ2v) is 4.90. The fraction of sp³-hybridized carbons (Fsp3) is 0.286. The van der Waals surface area contributed by atoms with Crippen LogP contribution in [-0.2, 0) is 11.2 Å². The molecule has 0 amide bonds. The molecule has 1 aromatic carbocycles. The number of rotatable bonds is 5. The molecule has 1 heterocycles. The van der Waals surface area contributed by atoms with Gasteiger partial charge in [-0.2, -0.15) is 0 Å². The second-order valence-electron chi connectivity index (χ2n) is 4.05. The number of hydrogen-bond donors (Lipinski definition) is 0. The van der Waals surface area contributed by atoms with Crippen molar-refractivity contribution in [1.29, 1.82) is 0 Å². The summed E-state index contributed by atoms with van der Waals surface area (Å²) < 4.78 is 5.32. The van der Waals surface area contributed by atoms with Crippen LogP contribution in [0, 0.1) is 0 Å². The first-order valence-electron chi connectivity index (χ1n) is 5.78. The highest BCUT2D eigenvalue weighted by Crippen LogP contribution is 2.31. The molecule has 0 spiro atoms. The maximum absolute atomic E-state index is 10.9. The lowest BCUT2D eigenvalue weighted by molar-refractivity contribution is -0.116. The van der Waals surface area contributed by atoms with E-state index in [1.807, 2.05) is 29.6 Å². The molecule has 94 valence electrons. The number of carbonyl (C=O) groups excluding carboxylic acids is 1. The number of aromatic nitrogens is 1. The lowest BCUT2D eigenvalue weighted by Gasteiger charge is -2.04. The summed E-state index contributed by atoms with van der Waals surface area (Å²) >= 11 is 1.58. The molecule has 0 aliphatic carbocycles. The molecule has 0 aliphatic heterocycles. The van der Waals surface area contributed by atoms with Gasteiger partial charge in [-0.05, 0) is 25.5 Å². The lowest BCUT2D eigenvalue weighted by Crippen LogP contribution is -1.94. The normalized spacial score (nSPS) is 10.3. The van der Waals surface area contributed by atoms with Crippen molar-refractivity contribution < 1.29 is 9.53 Å². The van der Waals surface area contributed by atoms with Crippen LogP contribution in [-0.4, -0.2) is 17.9 Å². The maximum atomic E-state index is 10.9. The Balaban J connectivity index is 2.21. The van der Waals surface area contributed by atoms with Crippen LogP contribution in [0.2, 0.25) is 0 Å². The number of Topliss-reactive ketones (excluding diaryl/α,β-unsaturated/α-hetero) is 1. The van der Waals surface area contributed by atoms with Crippen molar-refractivity contribution in [2.24, 2.45) is 0 Å². The number of methoxy groups -OCH3 is 1. The van der Waals surface area contributed by atoms with Gasteiger partial charge in [-0.3, -0.25) is 0 Å². The van der Waals surface area contributed by atoms with E-state index in [1.165, 1.54) is 0 Å². The molecule has 0 radical (unpaired) electrons. The fourth-order valence-electron chi connectivity index (χ4n) is 1.67. The number of ether oxygens (including phenoxy) is 1. The summed E-state index contributed by atoms with van der Waals surface area (Å²) in [6.07, 6.45) is 1.26. The van der Waals surface area contributed by atoms with Gasteiger partial charge >= 0.3 is 0 Å². The van der Waals surface area contributed by atoms with Gasteiger partial charge in [0.1, 0.15) is 16.5 Å². The number of benzene rings is 1. The van der Waals surface area contributed by atoms with Gasteiger partial charge in [-0.25, -0.2) is 4.98 Å². The molecule has 3 nitrogen and oxygen atoms in total. The van der Waals surface area contributed by atoms with E-state index in [1.54, 1.807) is 25.4 Å². The van der Waals surface area contributed by atoms with Crippen LogP contribution < -0.4 is 4.74 Å². The van der Waals surface area contributed by atoms with Crippen LogP contribution in [0.3, 0.4) is 0 Å². The van der Waals surface area contributed by atoms with E-state index in [0.29, 0.717) is 12.8 Å². The highest BCUT2D eigenvalue weighted by atomic mass is 32.1. The third-order valence-corrected chi connectivity index (χ3v) is 3.55. The summed E-state index contributed by atoms with van der Waals surface area (Å²) in [5, 5.41) is 2.94. The number of aryl methyl sites for hydroxylation is 1. The molecule has 0 bridgehead atoms. The van der Waals surface area contributed by atoms with Crippen molar-refractivity contribution in [1.82, 2.24) is 4.98 Å². The Kier molecular flexibility index (Phi) is 4.10. The molecule has 0 unspecified atom stereocenters. The Morgan fingerprint density at radius 1 is 1.39 bits per heavy atom. The minimum Gasteiger partial charge on any atom is -0.496 e. The van der Waals surface area contributed by atoms with Gasteiger partial charge < -0.3 is 9.53 Å². The van der Waals surface area contributed by atoms with E-state index < -0.39 is 0 Å². The fourth-order valence-corrected chi connectivity index (χ4v) is 2.55.